The molecule has 1 aromatic heterocycles. The number of para-hydroxylation sites is 1. The zero-order valence-electron chi connectivity index (χ0n) is 20.8. The number of carbonyl (C=O) groups excluding carboxylic acids is 1. The minimum atomic E-state index is -4.53. The molecule has 0 spiro atoms. The predicted octanol–water partition coefficient (Wildman–Crippen LogP) is 4.72. The molecule has 1 saturated heterocycles. The van der Waals surface area contributed by atoms with Crippen molar-refractivity contribution in [2.75, 3.05) is 51.0 Å². The van der Waals surface area contributed by atoms with Crippen LogP contribution in [0.15, 0.2) is 60.8 Å². The molecule has 4 rings (SSSR count). The second-order valence-corrected chi connectivity index (χ2v) is 9.01. The molecule has 196 valence electrons. The zero-order valence-corrected chi connectivity index (χ0v) is 20.8. The van der Waals surface area contributed by atoms with Gasteiger partial charge in [0.25, 0.3) is 5.91 Å². The van der Waals surface area contributed by atoms with E-state index < -0.39 is 17.6 Å². The number of rotatable bonds is 8. The molecule has 2 N–H and O–H groups in total. The number of anilines is 2. The highest BCUT2D eigenvalue weighted by molar-refractivity contribution is 6.08. The van der Waals surface area contributed by atoms with E-state index in [0.717, 1.165) is 24.7 Å². The molecular formula is C27H30F3N5O2. The molecule has 1 fully saturated rings. The van der Waals surface area contributed by atoms with Crippen LogP contribution in [-0.2, 0) is 19.3 Å². The van der Waals surface area contributed by atoms with E-state index in [1.165, 1.54) is 19.2 Å². The lowest BCUT2D eigenvalue weighted by Crippen LogP contribution is -2.44. The van der Waals surface area contributed by atoms with Crippen LogP contribution in [0.25, 0.3) is 0 Å². The van der Waals surface area contributed by atoms with Crippen LogP contribution in [0.1, 0.15) is 27.0 Å². The summed E-state index contributed by atoms with van der Waals surface area (Å²) in [4.78, 5) is 21.4. The highest BCUT2D eigenvalue weighted by atomic mass is 19.4. The van der Waals surface area contributed by atoms with E-state index in [0.29, 0.717) is 36.8 Å². The number of nitrogens with zero attached hydrogens (tertiary/aromatic N) is 3. The number of ether oxygens (including phenoxy) is 1. The third kappa shape index (κ3) is 6.99. The van der Waals surface area contributed by atoms with Crippen LogP contribution in [0.3, 0.4) is 0 Å². The quantitative estimate of drug-likeness (QED) is 0.454. The Labute approximate surface area is 214 Å². The topological polar surface area (TPSA) is 69.7 Å². The van der Waals surface area contributed by atoms with Gasteiger partial charge in [0.2, 0.25) is 5.88 Å². The lowest BCUT2D eigenvalue weighted by atomic mass is 10.0. The van der Waals surface area contributed by atoms with E-state index in [4.69, 9.17) is 4.74 Å². The average Bonchev–Trinajstić information content (AvgIpc) is 2.89. The average molecular weight is 514 g/mol. The Bertz CT molecular complexity index is 1210. The molecule has 7 nitrogen and oxygen atoms in total. The number of hydrogen-bond acceptors (Lipinski definition) is 6. The smallest absolute Gasteiger partial charge is 0.416 e. The summed E-state index contributed by atoms with van der Waals surface area (Å²) in [5, 5.41) is 5.83. The van der Waals surface area contributed by atoms with Gasteiger partial charge in [-0.25, -0.2) is 4.98 Å². The van der Waals surface area contributed by atoms with Gasteiger partial charge >= 0.3 is 6.18 Å². The van der Waals surface area contributed by atoms with E-state index >= 15 is 0 Å². The minimum absolute atomic E-state index is 0.0913. The second kappa shape index (κ2) is 11.6. The number of aromatic nitrogens is 1. The van der Waals surface area contributed by atoms with Crippen molar-refractivity contribution in [3.8, 4) is 5.88 Å². The maximum Gasteiger partial charge on any atom is 0.416 e. The van der Waals surface area contributed by atoms with Gasteiger partial charge in [-0.15, -0.1) is 0 Å². The summed E-state index contributed by atoms with van der Waals surface area (Å²) in [6.45, 7) is 3.67. The van der Waals surface area contributed by atoms with Gasteiger partial charge in [-0.05, 0) is 42.4 Å². The molecule has 0 aliphatic carbocycles. The number of methoxy groups -OCH3 is 1. The first kappa shape index (κ1) is 26.4. The summed E-state index contributed by atoms with van der Waals surface area (Å²) in [7, 11) is 3.54. The maximum atomic E-state index is 13.9. The van der Waals surface area contributed by atoms with Crippen molar-refractivity contribution < 1.29 is 22.7 Å². The number of hydrogen-bond donors (Lipinski definition) is 2. The summed E-state index contributed by atoms with van der Waals surface area (Å²) >= 11 is 0. The van der Waals surface area contributed by atoms with Gasteiger partial charge in [0, 0.05) is 62.9 Å². The highest BCUT2D eigenvalue weighted by Crippen LogP contribution is 2.35. The number of piperazine rings is 1. The predicted molar refractivity (Wildman–Crippen MR) is 137 cm³/mol. The van der Waals surface area contributed by atoms with Crippen LogP contribution < -0.4 is 15.4 Å². The number of amides is 1. The van der Waals surface area contributed by atoms with Gasteiger partial charge in [0.1, 0.15) is 0 Å². The molecule has 10 heteroatoms. The summed E-state index contributed by atoms with van der Waals surface area (Å²) in [6.07, 6.45) is -2.87. The summed E-state index contributed by atoms with van der Waals surface area (Å²) in [5.41, 5.74) is 1.31. The molecule has 0 atom stereocenters. The SMILES string of the molecule is COc1ccc(CNc2ccccc2C(=O)Nc2ccc(CN3CCN(C)CC3)c(C(F)(F)F)c2)cn1. The fourth-order valence-corrected chi connectivity index (χ4v) is 4.17. The Morgan fingerprint density at radius 3 is 2.49 bits per heavy atom. The Morgan fingerprint density at radius 2 is 1.81 bits per heavy atom. The van der Waals surface area contributed by atoms with E-state index in [2.05, 4.69) is 20.5 Å². The Morgan fingerprint density at radius 1 is 1.05 bits per heavy atom. The van der Waals surface area contributed by atoms with Gasteiger partial charge < -0.3 is 20.3 Å². The van der Waals surface area contributed by atoms with Crippen LogP contribution in [0, 0.1) is 0 Å². The van der Waals surface area contributed by atoms with Crippen LogP contribution in [0.5, 0.6) is 5.88 Å². The number of halogens is 3. The first-order valence-electron chi connectivity index (χ1n) is 12.0. The van der Waals surface area contributed by atoms with E-state index in [9.17, 15) is 18.0 Å². The highest BCUT2D eigenvalue weighted by Gasteiger charge is 2.34. The molecule has 0 bridgehead atoms. The van der Waals surface area contributed by atoms with Crippen molar-refractivity contribution in [3.05, 3.63) is 83.0 Å². The molecule has 37 heavy (non-hydrogen) atoms. The van der Waals surface area contributed by atoms with Crippen LogP contribution in [0.2, 0.25) is 0 Å². The van der Waals surface area contributed by atoms with Crippen LogP contribution in [0.4, 0.5) is 24.5 Å². The second-order valence-electron chi connectivity index (χ2n) is 9.01. The largest absolute Gasteiger partial charge is 0.481 e. The number of likely N-dealkylation sites (N-methyl/N-ethyl adjacent to an activating group) is 1. The molecule has 0 saturated carbocycles. The number of pyridine rings is 1. The third-order valence-corrected chi connectivity index (χ3v) is 6.32. The van der Waals surface area contributed by atoms with Gasteiger partial charge in [0.15, 0.2) is 0 Å². The normalized spacial score (nSPS) is 14.8. The van der Waals surface area contributed by atoms with Gasteiger partial charge in [0.05, 0.1) is 18.2 Å². The number of benzene rings is 2. The van der Waals surface area contributed by atoms with Gasteiger partial charge in [-0.3, -0.25) is 9.69 Å². The molecule has 2 heterocycles. The summed E-state index contributed by atoms with van der Waals surface area (Å²) < 4.78 is 46.8. The fraction of sp³-hybridized carbons (Fsp3) is 0.333. The lowest BCUT2D eigenvalue weighted by Gasteiger charge is -2.33. The Balaban J connectivity index is 1.47. The Hall–Kier alpha value is -3.63. The number of carbonyl (C=O) groups is 1. The number of nitrogens with one attached hydrogen (secondary N) is 2. The van der Waals surface area contributed by atoms with Crippen LogP contribution >= 0.6 is 0 Å². The van der Waals surface area contributed by atoms with Crippen molar-refractivity contribution >= 4 is 17.3 Å². The molecule has 3 aromatic rings. The van der Waals surface area contributed by atoms with Crippen LogP contribution in [-0.4, -0.2) is 61.0 Å². The van der Waals surface area contributed by atoms with E-state index in [1.807, 2.05) is 18.0 Å². The van der Waals surface area contributed by atoms with Crippen molar-refractivity contribution in [3.63, 3.8) is 0 Å². The molecule has 1 amide bonds. The van der Waals surface area contributed by atoms with Crippen molar-refractivity contribution in [1.29, 1.82) is 0 Å². The van der Waals surface area contributed by atoms with Gasteiger partial charge in [-0.2, -0.15) is 13.2 Å². The molecule has 1 aliphatic rings. The fourth-order valence-electron chi connectivity index (χ4n) is 4.17. The van der Waals surface area contributed by atoms with E-state index in [-0.39, 0.29) is 17.8 Å². The van der Waals surface area contributed by atoms with Crippen molar-refractivity contribution in [2.45, 2.75) is 19.3 Å². The van der Waals surface area contributed by atoms with Gasteiger partial charge in [-0.1, -0.05) is 24.3 Å². The maximum absolute atomic E-state index is 13.9. The summed E-state index contributed by atoms with van der Waals surface area (Å²) in [6, 6.07) is 14.4. The molecule has 1 aliphatic heterocycles. The first-order valence-corrected chi connectivity index (χ1v) is 12.0. The number of alkyl halides is 3. The van der Waals surface area contributed by atoms with E-state index in [1.54, 1.807) is 36.5 Å². The molecule has 0 radical (unpaired) electrons. The lowest BCUT2D eigenvalue weighted by molar-refractivity contribution is -0.138. The third-order valence-electron chi connectivity index (χ3n) is 6.32. The minimum Gasteiger partial charge on any atom is -0.481 e. The molecular weight excluding hydrogens is 483 g/mol. The molecule has 0 unspecified atom stereocenters. The van der Waals surface area contributed by atoms with Crippen molar-refractivity contribution in [2.24, 2.45) is 0 Å². The monoisotopic (exact) mass is 513 g/mol. The summed E-state index contributed by atoms with van der Waals surface area (Å²) in [5.74, 6) is -0.00722. The standard InChI is InChI=1S/C27H30F3N5O2/c1-34-11-13-35(14-12-34)18-20-8-9-21(15-23(20)27(28,29)30)33-26(36)22-5-3-4-6-24(22)31-16-19-7-10-25(37-2)32-17-19/h3-10,15,17,31H,11-14,16,18H2,1-2H3,(H,33,36). The van der Waals surface area contributed by atoms with Crippen molar-refractivity contribution in [1.82, 2.24) is 14.8 Å². The first-order chi connectivity index (χ1) is 17.7. The zero-order chi connectivity index (χ0) is 26.4. The Kier molecular flexibility index (Phi) is 8.30. The molecule has 2 aromatic carbocycles.